The molecule has 5 nitrogen and oxygen atoms in total. The number of aliphatic carboxylic acids is 1. The molecule has 1 aliphatic rings. The number of carbonyl (C=O) groups excluding carboxylic acids is 1. The topological polar surface area (TPSA) is 72.8 Å². The number of carboxylic acids is 1. The summed E-state index contributed by atoms with van der Waals surface area (Å²) in [5.41, 5.74) is 0. The molecule has 12 heavy (non-hydrogen) atoms. The van der Waals surface area contributed by atoms with Gasteiger partial charge in [0, 0.05) is 0 Å². The van der Waals surface area contributed by atoms with E-state index in [1.165, 1.54) is 7.11 Å². The van der Waals surface area contributed by atoms with Crippen molar-refractivity contribution in [3.05, 3.63) is 0 Å². The fraction of sp³-hybridized carbons (Fsp3) is 0.714. The van der Waals surface area contributed by atoms with E-state index in [1.807, 2.05) is 0 Å². The van der Waals surface area contributed by atoms with Gasteiger partial charge in [0.2, 0.25) is 0 Å². The Labute approximate surface area is 69.3 Å². The summed E-state index contributed by atoms with van der Waals surface area (Å²) < 4.78 is 9.33. The van der Waals surface area contributed by atoms with Gasteiger partial charge in [0.25, 0.3) is 0 Å². The molecular formula is C7H10O5. The zero-order valence-corrected chi connectivity index (χ0v) is 6.65. The lowest BCUT2D eigenvalue weighted by Gasteiger charge is -2.04. The molecule has 1 rings (SSSR count). The monoisotopic (exact) mass is 174 g/mol. The molecule has 0 radical (unpaired) electrons. The SMILES string of the molecule is COC(=O)[C@@H]1C[C@H](C(=O)O)CO1. The minimum atomic E-state index is -0.929. The van der Waals surface area contributed by atoms with Crippen molar-refractivity contribution in [2.24, 2.45) is 5.92 Å². The average Bonchev–Trinajstić information content (AvgIpc) is 2.51. The molecule has 1 heterocycles. The predicted octanol–water partition coefficient (Wildman–Crippen LogP) is -0.351. The second-order valence-corrected chi connectivity index (χ2v) is 2.62. The van der Waals surface area contributed by atoms with Crippen molar-refractivity contribution in [1.29, 1.82) is 0 Å². The largest absolute Gasteiger partial charge is 0.481 e. The van der Waals surface area contributed by atoms with Crippen LogP contribution >= 0.6 is 0 Å². The van der Waals surface area contributed by atoms with Gasteiger partial charge in [-0.2, -0.15) is 0 Å². The van der Waals surface area contributed by atoms with Crippen molar-refractivity contribution in [2.45, 2.75) is 12.5 Å². The second kappa shape index (κ2) is 3.53. The van der Waals surface area contributed by atoms with Crippen LogP contribution in [0.2, 0.25) is 0 Å². The molecule has 1 saturated heterocycles. The van der Waals surface area contributed by atoms with Crippen LogP contribution in [0.25, 0.3) is 0 Å². The minimum Gasteiger partial charge on any atom is -0.481 e. The van der Waals surface area contributed by atoms with Crippen LogP contribution in [-0.4, -0.2) is 36.9 Å². The third kappa shape index (κ3) is 1.73. The molecule has 1 aliphatic heterocycles. The highest BCUT2D eigenvalue weighted by atomic mass is 16.6. The first-order chi connectivity index (χ1) is 5.65. The molecule has 2 atom stereocenters. The van der Waals surface area contributed by atoms with E-state index in [0.29, 0.717) is 0 Å². The third-order valence-corrected chi connectivity index (χ3v) is 1.81. The van der Waals surface area contributed by atoms with Crippen molar-refractivity contribution in [3.8, 4) is 0 Å². The minimum absolute atomic E-state index is 0.0924. The number of methoxy groups -OCH3 is 1. The van der Waals surface area contributed by atoms with Crippen molar-refractivity contribution < 1.29 is 24.2 Å². The van der Waals surface area contributed by atoms with Crippen LogP contribution in [0.3, 0.4) is 0 Å². The van der Waals surface area contributed by atoms with E-state index >= 15 is 0 Å². The van der Waals surface area contributed by atoms with E-state index in [-0.39, 0.29) is 13.0 Å². The number of ether oxygens (including phenoxy) is 2. The van der Waals surface area contributed by atoms with Gasteiger partial charge in [0.05, 0.1) is 19.6 Å². The summed E-state index contributed by atoms with van der Waals surface area (Å²) in [6, 6.07) is 0. The molecule has 1 fully saturated rings. The maximum atomic E-state index is 10.8. The second-order valence-electron chi connectivity index (χ2n) is 2.62. The molecule has 0 aromatic heterocycles. The van der Waals surface area contributed by atoms with E-state index in [4.69, 9.17) is 9.84 Å². The zero-order valence-electron chi connectivity index (χ0n) is 6.65. The smallest absolute Gasteiger partial charge is 0.334 e. The molecule has 0 spiro atoms. The van der Waals surface area contributed by atoms with Crippen molar-refractivity contribution in [1.82, 2.24) is 0 Å². The third-order valence-electron chi connectivity index (χ3n) is 1.81. The van der Waals surface area contributed by atoms with Crippen molar-refractivity contribution >= 4 is 11.9 Å². The van der Waals surface area contributed by atoms with E-state index in [9.17, 15) is 9.59 Å². The maximum Gasteiger partial charge on any atom is 0.334 e. The lowest BCUT2D eigenvalue weighted by molar-refractivity contribution is -0.151. The molecule has 0 aromatic rings. The number of rotatable bonds is 2. The van der Waals surface area contributed by atoms with E-state index in [2.05, 4.69) is 4.74 Å². The quantitative estimate of drug-likeness (QED) is 0.579. The Morgan fingerprint density at radius 1 is 1.58 bits per heavy atom. The Balaban J connectivity index is 2.45. The standard InChI is InChI=1S/C7H10O5/c1-11-7(10)5-2-4(3-12-5)6(8)9/h4-5H,2-3H2,1H3,(H,8,9)/t4-,5-/m0/s1. The summed E-state index contributed by atoms with van der Waals surface area (Å²) in [5.74, 6) is -2.01. The van der Waals surface area contributed by atoms with Gasteiger partial charge in [-0.05, 0) is 6.42 Å². The highest BCUT2D eigenvalue weighted by Gasteiger charge is 2.35. The van der Waals surface area contributed by atoms with Gasteiger partial charge in [-0.15, -0.1) is 0 Å². The summed E-state index contributed by atoms with van der Waals surface area (Å²) in [4.78, 5) is 21.3. The van der Waals surface area contributed by atoms with Crippen LogP contribution < -0.4 is 0 Å². The summed E-state index contributed by atoms with van der Waals surface area (Å²) in [6.45, 7) is 0.0924. The first-order valence-electron chi connectivity index (χ1n) is 3.57. The first kappa shape index (κ1) is 8.99. The molecule has 5 heteroatoms. The number of esters is 1. The summed E-state index contributed by atoms with van der Waals surface area (Å²) >= 11 is 0. The fourth-order valence-corrected chi connectivity index (χ4v) is 1.09. The number of hydrogen-bond donors (Lipinski definition) is 1. The molecule has 68 valence electrons. The average molecular weight is 174 g/mol. The lowest BCUT2D eigenvalue weighted by Crippen LogP contribution is -2.21. The Morgan fingerprint density at radius 3 is 2.67 bits per heavy atom. The Morgan fingerprint density at radius 2 is 2.25 bits per heavy atom. The van der Waals surface area contributed by atoms with Gasteiger partial charge in [0.1, 0.15) is 0 Å². The van der Waals surface area contributed by atoms with Crippen LogP contribution in [0, 0.1) is 5.92 Å². The molecule has 0 saturated carbocycles. The van der Waals surface area contributed by atoms with Crippen molar-refractivity contribution in [2.75, 3.05) is 13.7 Å². The Hall–Kier alpha value is -1.10. The molecule has 0 unspecified atom stereocenters. The number of hydrogen-bond acceptors (Lipinski definition) is 4. The number of carbonyl (C=O) groups is 2. The lowest BCUT2D eigenvalue weighted by atomic mass is 10.1. The van der Waals surface area contributed by atoms with Gasteiger partial charge in [-0.1, -0.05) is 0 Å². The van der Waals surface area contributed by atoms with E-state index in [1.54, 1.807) is 0 Å². The summed E-state index contributed by atoms with van der Waals surface area (Å²) in [5, 5.41) is 8.55. The van der Waals surface area contributed by atoms with Gasteiger partial charge in [-0.25, -0.2) is 4.79 Å². The predicted molar refractivity (Wildman–Crippen MR) is 37.5 cm³/mol. The highest BCUT2D eigenvalue weighted by molar-refractivity contribution is 5.77. The summed E-state index contributed by atoms with van der Waals surface area (Å²) in [6.07, 6.45) is -0.488. The van der Waals surface area contributed by atoms with Crippen LogP contribution in [0.4, 0.5) is 0 Å². The molecule has 0 amide bonds. The highest BCUT2D eigenvalue weighted by Crippen LogP contribution is 2.20. The van der Waals surface area contributed by atoms with E-state index in [0.717, 1.165) is 0 Å². The van der Waals surface area contributed by atoms with Crippen LogP contribution in [0.5, 0.6) is 0 Å². The molecule has 0 bridgehead atoms. The fourth-order valence-electron chi connectivity index (χ4n) is 1.09. The van der Waals surface area contributed by atoms with Gasteiger partial charge in [-0.3, -0.25) is 4.79 Å². The Bertz CT molecular complexity index is 200. The maximum absolute atomic E-state index is 10.8. The normalized spacial score (nSPS) is 28.4. The number of carboxylic acid groups (broad SMARTS) is 1. The van der Waals surface area contributed by atoms with Gasteiger partial charge in [0.15, 0.2) is 6.10 Å². The zero-order chi connectivity index (χ0) is 9.14. The van der Waals surface area contributed by atoms with Crippen molar-refractivity contribution in [3.63, 3.8) is 0 Å². The van der Waals surface area contributed by atoms with Crippen LogP contribution in [-0.2, 0) is 19.1 Å². The van der Waals surface area contributed by atoms with Gasteiger partial charge >= 0.3 is 11.9 Å². The first-order valence-corrected chi connectivity index (χ1v) is 3.57. The molecule has 0 aromatic carbocycles. The molecule has 1 N–H and O–H groups in total. The van der Waals surface area contributed by atoms with Gasteiger partial charge < -0.3 is 14.6 Å². The summed E-state index contributed by atoms with van der Waals surface area (Å²) in [7, 11) is 1.25. The van der Waals surface area contributed by atoms with Crippen LogP contribution in [0.15, 0.2) is 0 Å². The molecule has 0 aliphatic carbocycles. The Kier molecular flexibility index (Phi) is 2.65. The molecular weight excluding hydrogens is 164 g/mol. The van der Waals surface area contributed by atoms with Crippen LogP contribution in [0.1, 0.15) is 6.42 Å². The van der Waals surface area contributed by atoms with E-state index < -0.39 is 24.0 Å².